The Bertz CT molecular complexity index is 1390. The van der Waals surface area contributed by atoms with E-state index in [0.717, 1.165) is 30.3 Å². The van der Waals surface area contributed by atoms with Crippen LogP contribution in [-0.4, -0.2) is 20.6 Å². The maximum atomic E-state index is 13.0. The van der Waals surface area contributed by atoms with E-state index in [9.17, 15) is 28.1 Å². The van der Waals surface area contributed by atoms with Crippen molar-refractivity contribution in [3.63, 3.8) is 0 Å². The standard InChI is InChI=1S/C24H17F3N4O5/c25-24(26,27)16-5-4-8-20(11-16)36-21-13-17(12-18(14-21)31(33)34)28-23(32)22-9-10-30(29-22)15-35-19-6-2-1-3-7-19/h1-14H,15H2,(H,28,32). The second-order valence-electron chi connectivity index (χ2n) is 7.38. The van der Waals surface area contributed by atoms with E-state index < -0.39 is 28.3 Å². The van der Waals surface area contributed by atoms with Crippen LogP contribution in [0.3, 0.4) is 0 Å². The molecule has 4 rings (SSSR count). The molecule has 36 heavy (non-hydrogen) atoms. The van der Waals surface area contributed by atoms with Crippen LogP contribution in [0.2, 0.25) is 0 Å². The lowest BCUT2D eigenvalue weighted by molar-refractivity contribution is -0.384. The molecule has 184 valence electrons. The van der Waals surface area contributed by atoms with Gasteiger partial charge < -0.3 is 14.8 Å². The van der Waals surface area contributed by atoms with Gasteiger partial charge in [0, 0.05) is 18.3 Å². The zero-order chi connectivity index (χ0) is 25.7. The van der Waals surface area contributed by atoms with Gasteiger partial charge in [-0.25, -0.2) is 4.68 Å². The molecule has 12 heteroatoms. The van der Waals surface area contributed by atoms with Gasteiger partial charge in [-0.15, -0.1) is 0 Å². The fourth-order valence-electron chi connectivity index (χ4n) is 3.10. The molecule has 0 saturated heterocycles. The molecule has 0 aliphatic carbocycles. The smallest absolute Gasteiger partial charge is 0.416 e. The van der Waals surface area contributed by atoms with Gasteiger partial charge in [0.1, 0.15) is 17.2 Å². The number of nitro benzene ring substituents is 1. The van der Waals surface area contributed by atoms with Gasteiger partial charge in [0.15, 0.2) is 12.4 Å². The van der Waals surface area contributed by atoms with E-state index in [-0.39, 0.29) is 29.6 Å². The monoisotopic (exact) mass is 498 g/mol. The molecule has 1 amide bonds. The number of hydrogen-bond donors (Lipinski definition) is 1. The third-order valence-electron chi connectivity index (χ3n) is 4.74. The van der Waals surface area contributed by atoms with Crippen LogP contribution in [-0.2, 0) is 12.9 Å². The molecule has 1 aromatic heterocycles. The van der Waals surface area contributed by atoms with Crippen LogP contribution < -0.4 is 14.8 Å². The molecule has 1 N–H and O–H groups in total. The highest BCUT2D eigenvalue weighted by atomic mass is 19.4. The summed E-state index contributed by atoms with van der Waals surface area (Å²) in [6.45, 7) is 0.0447. The first kappa shape index (κ1) is 24.3. The van der Waals surface area contributed by atoms with Gasteiger partial charge in [-0.3, -0.25) is 14.9 Å². The number of halogens is 3. The van der Waals surface area contributed by atoms with Crippen LogP contribution in [0.4, 0.5) is 24.5 Å². The number of aromatic nitrogens is 2. The minimum atomic E-state index is -4.59. The largest absolute Gasteiger partial charge is 0.471 e. The summed E-state index contributed by atoms with van der Waals surface area (Å²) in [6.07, 6.45) is -3.07. The van der Waals surface area contributed by atoms with Crippen molar-refractivity contribution in [1.29, 1.82) is 0 Å². The normalized spacial score (nSPS) is 11.1. The fraction of sp³-hybridized carbons (Fsp3) is 0.0833. The number of ether oxygens (including phenoxy) is 2. The van der Waals surface area contributed by atoms with Crippen LogP contribution in [0.25, 0.3) is 0 Å². The van der Waals surface area contributed by atoms with Gasteiger partial charge in [0.2, 0.25) is 0 Å². The molecule has 0 aliphatic rings. The van der Waals surface area contributed by atoms with Crippen molar-refractivity contribution in [1.82, 2.24) is 9.78 Å². The lowest BCUT2D eigenvalue weighted by Gasteiger charge is -2.11. The molecule has 1 heterocycles. The Morgan fingerprint density at radius 3 is 2.44 bits per heavy atom. The number of nitrogens with one attached hydrogen (secondary N) is 1. The number of nitro groups is 1. The molecule has 0 bridgehead atoms. The second kappa shape index (κ2) is 10.2. The van der Waals surface area contributed by atoms with Gasteiger partial charge in [-0.1, -0.05) is 24.3 Å². The number of benzene rings is 3. The van der Waals surface area contributed by atoms with Crippen LogP contribution in [0, 0.1) is 10.1 Å². The molecular weight excluding hydrogens is 481 g/mol. The first-order valence-corrected chi connectivity index (χ1v) is 10.3. The molecule has 0 fully saturated rings. The summed E-state index contributed by atoms with van der Waals surface area (Å²) in [4.78, 5) is 23.3. The average Bonchev–Trinajstić information content (AvgIpc) is 3.32. The molecule has 0 saturated carbocycles. The number of para-hydroxylation sites is 1. The summed E-state index contributed by atoms with van der Waals surface area (Å²) in [6, 6.07) is 17.8. The molecule has 0 atom stereocenters. The molecule has 0 aliphatic heterocycles. The minimum Gasteiger partial charge on any atom is -0.471 e. The topological polar surface area (TPSA) is 109 Å². The Balaban J connectivity index is 1.49. The number of amides is 1. The number of nitrogens with zero attached hydrogens (tertiary/aromatic N) is 3. The predicted octanol–water partition coefficient (Wildman–Crippen LogP) is 5.89. The second-order valence-corrected chi connectivity index (χ2v) is 7.38. The van der Waals surface area contributed by atoms with Gasteiger partial charge in [-0.2, -0.15) is 18.3 Å². The number of alkyl halides is 3. The number of carbonyl (C=O) groups is 1. The van der Waals surface area contributed by atoms with E-state index in [1.54, 1.807) is 24.3 Å². The summed E-state index contributed by atoms with van der Waals surface area (Å²) in [5.74, 6) is -0.372. The Morgan fingerprint density at radius 2 is 1.72 bits per heavy atom. The van der Waals surface area contributed by atoms with E-state index in [1.165, 1.54) is 29.1 Å². The number of non-ortho nitro benzene ring substituents is 1. The SMILES string of the molecule is O=C(Nc1cc(Oc2cccc(C(F)(F)F)c2)cc([N+](=O)[O-])c1)c1ccn(COc2ccccc2)n1. The van der Waals surface area contributed by atoms with Crippen LogP contribution in [0.15, 0.2) is 85.1 Å². The summed E-state index contributed by atoms with van der Waals surface area (Å²) < 4.78 is 51.3. The number of hydrogen-bond acceptors (Lipinski definition) is 6. The molecule has 9 nitrogen and oxygen atoms in total. The van der Waals surface area contributed by atoms with E-state index in [2.05, 4.69) is 10.4 Å². The first-order valence-electron chi connectivity index (χ1n) is 10.3. The van der Waals surface area contributed by atoms with Gasteiger partial charge in [0.05, 0.1) is 22.2 Å². The quantitative estimate of drug-likeness (QED) is 0.240. The van der Waals surface area contributed by atoms with Gasteiger partial charge >= 0.3 is 6.18 Å². The van der Waals surface area contributed by atoms with Crippen molar-refractivity contribution in [2.45, 2.75) is 12.9 Å². The lowest BCUT2D eigenvalue weighted by Crippen LogP contribution is -2.14. The highest BCUT2D eigenvalue weighted by molar-refractivity contribution is 6.03. The Labute approximate surface area is 201 Å². The Morgan fingerprint density at radius 1 is 0.972 bits per heavy atom. The molecular formula is C24H17F3N4O5. The zero-order valence-electron chi connectivity index (χ0n) is 18.3. The van der Waals surface area contributed by atoms with Crippen molar-refractivity contribution in [2.24, 2.45) is 0 Å². The number of carbonyl (C=O) groups excluding carboxylic acids is 1. The third-order valence-corrected chi connectivity index (χ3v) is 4.74. The van der Waals surface area contributed by atoms with Gasteiger partial charge in [0.25, 0.3) is 11.6 Å². The average molecular weight is 498 g/mol. The minimum absolute atomic E-state index is 0.00809. The van der Waals surface area contributed by atoms with Crippen molar-refractivity contribution in [3.8, 4) is 17.2 Å². The third kappa shape index (κ3) is 6.17. The highest BCUT2D eigenvalue weighted by Gasteiger charge is 2.30. The number of anilines is 1. The summed E-state index contributed by atoms with van der Waals surface area (Å²) in [5.41, 5.74) is -1.37. The van der Waals surface area contributed by atoms with Crippen molar-refractivity contribution in [2.75, 3.05) is 5.32 Å². The maximum Gasteiger partial charge on any atom is 0.416 e. The lowest BCUT2D eigenvalue weighted by atomic mass is 10.2. The summed E-state index contributed by atoms with van der Waals surface area (Å²) >= 11 is 0. The molecule has 0 spiro atoms. The van der Waals surface area contributed by atoms with Crippen LogP contribution in [0.5, 0.6) is 17.2 Å². The molecule has 4 aromatic rings. The van der Waals surface area contributed by atoms with Crippen molar-refractivity contribution in [3.05, 3.63) is 106 Å². The van der Waals surface area contributed by atoms with Gasteiger partial charge in [-0.05, 0) is 36.4 Å². The fourth-order valence-corrected chi connectivity index (χ4v) is 3.10. The maximum absolute atomic E-state index is 13.0. The Kier molecular flexibility index (Phi) is 6.86. The van der Waals surface area contributed by atoms with E-state index in [1.807, 2.05) is 6.07 Å². The van der Waals surface area contributed by atoms with Crippen molar-refractivity contribution < 1.29 is 32.4 Å². The number of rotatable bonds is 8. The van der Waals surface area contributed by atoms with Crippen LogP contribution in [0.1, 0.15) is 16.1 Å². The summed E-state index contributed by atoms with van der Waals surface area (Å²) in [7, 11) is 0. The van der Waals surface area contributed by atoms with E-state index in [4.69, 9.17) is 9.47 Å². The Hall–Kier alpha value is -4.87. The zero-order valence-corrected chi connectivity index (χ0v) is 18.3. The van der Waals surface area contributed by atoms with Crippen LogP contribution >= 0.6 is 0 Å². The van der Waals surface area contributed by atoms with Crippen molar-refractivity contribution >= 4 is 17.3 Å². The summed E-state index contributed by atoms with van der Waals surface area (Å²) in [5, 5.41) is 17.9. The highest BCUT2D eigenvalue weighted by Crippen LogP contribution is 2.34. The predicted molar refractivity (Wildman–Crippen MR) is 122 cm³/mol. The molecule has 0 unspecified atom stereocenters. The molecule has 0 radical (unpaired) electrons. The van der Waals surface area contributed by atoms with E-state index >= 15 is 0 Å². The van der Waals surface area contributed by atoms with E-state index in [0.29, 0.717) is 5.75 Å². The molecule has 3 aromatic carbocycles. The first-order chi connectivity index (χ1) is 17.2.